The van der Waals surface area contributed by atoms with Gasteiger partial charge in [-0.1, -0.05) is 18.7 Å². The normalized spacial score (nSPS) is 14.6. The van der Waals surface area contributed by atoms with Gasteiger partial charge in [-0.05, 0) is 51.1 Å². The van der Waals surface area contributed by atoms with E-state index in [1.54, 1.807) is 24.5 Å². The van der Waals surface area contributed by atoms with E-state index in [-0.39, 0.29) is 5.25 Å². The van der Waals surface area contributed by atoms with E-state index in [1.807, 2.05) is 18.2 Å². The highest BCUT2D eigenvalue weighted by Crippen LogP contribution is 2.41. The van der Waals surface area contributed by atoms with Crippen molar-refractivity contribution in [2.45, 2.75) is 37.1 Å². The molecule has 0 amide bonds. The summed E-state index contributed by atoms with van der Waals surface area (Å²) in [4.78, 5) is 17.2. The largest absolute Gasteiger partial charge is 0.493 e. The highest BCUT2D eigenvalue weighted by Gasteiger charge is 2.21. The molecule has 1 aromatic carbocycles. The molecular weight excluding hydrogens is 456 g/mol. The Labute approximate surface area is 202 Å². The van der Waals surface area contributed by atoms with E-state index in [0.717, 1.165) is 53.8 Å². The lowest BCUT2D eigenvalue weighted by Crippen LogP contribution is -2.39. The summed E-state index contributed by atoms with van der Waals surface area (Å²) < 4.78 is 11.6. The van der Waals surface area contributed by atoms with Crippen LogP contribution in [0.5, 0.6) is 11.5 Å². The zero-order chi connectivity index (χ0) is 23.4. The molecule has 0 spiro atoms. The van der Waals surface area contributed by atoms with Gasteiger partial charge in [-0.25, -0.2) is 15.0 Å². The van der Waals surface area contributed by atoms with E-state index in [9.17, 15) is 0 Å². The second-order valence-corrected chi connectivity index (χ2v) is 10.2. The molecule has 1 atom stereocenters. The van der Waals surface area contributed by atoms with E-state index >= 15 is 0 Å². The average molecular weight is 487 g/mol. The van der Waals surface area contributed by atoms with E-state index in [2.05, 4.69) is 28.7 Å². The van der Waals surface area contributed by atoms with E-state index in [1.165, 1.54) is 23.1 Å². The standard InChI is InChI=1S/C23H30N6O2S2/c1-4-18-21(14(2)32-23-26-19(24)13-20(25)27-23)28-22(33-18)15-6-7-16(30-3)17(12-15)31-11-10-29-8-5-9-29/h6-7,12-14H,4-5,8-11H2,1-3H3,(H4,24,25,26,27)/t14-/m0/s1. The lowest BCUT2D eigenvalue weighted by molar-refractivity contribution is 0.145. The molecule has 0 saturated carbocycles. The van der Waals surface area contributed by atoms with Crippen molar-refractivity contribution in [3.8, 4) is 22.1 Å². The highest BCUT2D eigenvalue weighted by molar-refractivity contribution is 7.99. The maximum Gasteiger partial charge on any atom is 0.192 e. The summed E-state index contributed by atoms with van der Waals surface area (Å²) >= 11 is 3.21. The maximum absolute atomic E-state index is 6.07. The van der Waals surface area contributed by atoms with Crippen LogP contribution in [-0.2, 0) is 6.42 Å². The number of thioether (sulfide) groups is 1. The first-order valence-electron chi connectivity index (χ1n) is 11.1. The number of benzene rings is 1. The Kier molecular flexibility index (Phi) is 7.56. The third-order valence-electron chi connectivity index (χ3n) is 5.49. The summed E-state index contributed by atoms with van der Waals surface area (Å²) in [5.74, 6) is 2.21. The molecule has 8 nitrogen and oxygen atoms in total. The maximum atomic E-state index is 6.07. The molecule has 0 bridgehead atoms. The molecule has 0 unspecified atom stereocenters. The Bertz CT molecular complexity index is 1080. The molecule has 1 saturated heterocycles. The van der Waals surface area contributed by atoms with Crippen LogP contribution < -0.4 is 20.9 Å². The van der Waals surface area contributed by atoms with E-state index in [4.69, 9.17) is 25.9 Å². The topological polar surface area (TPSA) is 112 Å². The summed E-state index contributed by atoms with van der Waals surface area (Å²) in [6.45, 7) is 8.13. The van der Waals surface area contributed by atoms with Crippen LogP contribution in [0.25, 0.3) is 10.6 Å². The number of hydrogen-bond donors (Lipinski definition) is 2. The number of hydrogen-bond acceptors (Lipinski definition) is 10. The summed E-state index contributed by atoms with van der Waals surface area (Å²) in [7, 11) is 1.66. The Balaban J connectivity index is 1.54. The monoisotopic (exact) mass is 486 g/mol. The molecule has 10 heteroatoms. The van der Waals surface area contributed by atoms with Gasteiger partial charge in [-0.15, -0.1) is 11.3 Å². The van der Waals surface area contributed by atoms with Crippen molar-refractivity contribution in [2.24, 2.45) is 0 Å². The van der Waals surface area contributed by atoms with Gasteiger partial charge in [0.05, 0.1) is 18.1 Å². The number of likely N-dealkylation sites (tertiary alicyclic amines) is 1. The lowest BCUT2D eigenvalue weighted by Gasteiger charge is -2.30. The molecule has 0 aliphatic carbocycles. The van der Waals surface area contributed by atoms with Crippen LogP contribution in [0.1, 0.15) is 36.1 Å². The SMILES string of the molecule is CCc1sc(-c2ccc(OC)c(OCCN3CCC3)c2)nc1[C@H](C)Sc1nc(N)cc(N)n1. The third kappa shape index (κ3) is 5.69. The predicted molar refractivity (Wildman–Crippen MR) is 135 cm³/mol. The average Bonchev–Trinajstić information content (AvgIpc) is 3.19. The summed E-state index contributed by atoms with van der Waals surface area (Å²) in [6.07, 6.45) is 2.17. The molecule has 3 aromatic rings. The molecule has 1 aliphatic heterocycles. The van der Waals surface area contributed by atoms with Gasteiger partial charge in [0.15, 0.2) is 16.7 Å². The Morgan fingerprint density at radius 1 is 1.12 bits per heavy atom. The van der Waals surface area contributed by atoms with Gasteiger partial charge < -0.3 is 20.9 Å². The number of nitrogen functional groups attached to an aromatic ring is 2. The predicted octanol–water partition coefficient (Wildman–Crippen LogP) is 4.27. The van der Waals surface area contributed by atoms with Gasteiger partial charge in [-0.2, -0.15) is 0 Å². The fraction of sp³-hybridized carbons (Fsp3) is 0.435. The summed E-state index contributed by atoms with van der Waals surface area (Å²) in [5, 5.41) is 1.56. The fourth-order valence-electron chi connectivity index (χ4n) is 3.60. The number of rotatable bonds is 10. The van der Waals surface area contributed by atoms with Crippen molar-refractivity contribution in [3.05, 3.63) is 34.8 Å². The molecule has 1 fully saturated rings. The first-order valence-corrected chi connectivity index (χ1v) is 12.8. The smallest absolute Gasteiger partial charge is 0.192 e. The second kappa shape index (κ2) is 10.6. The van der Waals surface area contributed by atoms with Gasteiger partial charge in [0.2, 0.25) is 0 Å². The van der Waals surface area contributed by atoms with Gasteiger partial charge in [0.25, 0.3) is 0 Å². The van der Waals surface area contributed by atoms with Crippen LogP contribution in [0.4, 0.5) is 11.6 Å². The van der Waals surface area contributed by atoms with E-state index < -0.39 is 0 Å². The summed E-state index contributed by atoms with van der Waals surface area (Å²) in [6, 6.07) is 7.56. The van der Waals surface area contributed by atoms with Crippen LogP contribution in [0.15, 0.2) is 29.4 Å². The molecule has 4 N–H and O–H groups in total. The molecule has 33 heavy (non-hydrogen) atoms. The van der Waals surface area contributed by atoms with Crippen LogP contribution in [0.2, 0.25) is 0 Å². The zero-order valence-electron chi connectivity index (χ0n) is 19.2. The van der Waals surface area contributed by atoms with Crippen LogP contribution in [-0.4, -0.2) is 53.2 Å². The quantitative estimate of drug-likeness (QED) is 0.320. The minimum absolute atomic E-state index is 0.0524. The number of methoxy groups -OCH3 is 1. The van der Waals surface area contributed by atoms with Gasteiger partial charge in [0, 0.05) is 23.1 Å². The van der Waals surface area contributed by atoms with Crippen LogP contribution >= 0.6 is 23.1 Å². The van der Waals surface area contributed by atoms with Gasteiger partial charge in [0.1, 0.15) is 23.3 Å². The lowest BCUT2D eigenvalue weighted by atomic mass is 10.2. The molecule has 3 heterocycles. The van der Waals surface area contributed by atoms with Crippen molar-refractivity contribution < 1.29 is 9.47 Å². The third-order valence-corrected chi connectivity index (χ3v) is 7.72. The number of anilines is 2. The molecule has 176 valence electrons. The minimum Gasteiger partial charge on any atom is -0.493 e. The Morgan fingerprint density at radius 3 is 2.52 bits per heavy atom. The molecule has 1 aliphatic rings. The molecule has 0 radical (unpaired) electrons. The molecule has 4 rings (SSSR count). The van der Waals surface area contributed by atoms with Gasteiger partial charge >= 0.3 is 0 Å². The first-order chi connectivity index (χ1) is 16.0. The molecule has 2 aromatic heterocycles. The van der Waals surface area contributed by atoms with Crippen LogP contribution in [0, 0.1) is 0 Å². The number of aryl methyl sites for hydroxylation is 1. The Morgan fingerprint density at radius 2 is 1.88 bits per heavy atom. The highest BCUT2D eigenvalue weighted by atomic mass is 32.2. The van der Waals surface area contributed by atoms with Gasteiger partial charge in [-0.3, -0.25) is 4.90 Å². The minimum atomic E-state index is 0.0524. The van der Waals surface area contributed by atoms with Crippen molar-refractivity contribution in [1.29, 1.82) is 0 Å². The second-order valence-electron chi connectivity index (χ2n) is 7.85. The first kappa shape index (κ1) is 23.6. The number of aromatic nitrogens is 3. The number of ether oxygens (including phenoxy) is 2. The van der Waals surface area contributed by atoms with E-state index in [0.29, 0.717) is 23.4 Å². The van der Waals surface area contributed by atoms with Crippen LogP contribution in [0.3, 0.4) is 0 Å². The van der Waals surface area contributed by atoms with Crippen molar-refractivity contribution >= 4 is 34.7 Å². The number of thiazole rings is 1. The Hall–Kier alpha value is -2.56. The molecular formula is C23H30N6O2S2. The summed E-state index contributed by atoms with van der Waals surface area (Å²) in [5.41, 5.74) is 13.7. The number of nitrogens with zero attached hydrogens (tertiary/aromatic N) is 4. The fourth-order valence-corrected chi connectivity index (χ4v) is 5.71. The van der Waals surface area contributed by atoms with Crippen molar-refractivity contribution in [2.75, 3.05) is 44.8 Å². The van der Waals surface area contributed by atoms with Crippen molar-refractivity contribution in [3.63, 3.8) is 0 Å². The van der Waals surface area contributed by atoms with Crippen molar-refractivity contribution in [1.82, 2.24) is 19.9 Å². The number of nitrogens with two attached hydrogens (primary N) is 2. The zero-order valence-corrected chi connectivity index (χ0v) is 20.8.